The first-order valence-electron chi connectivity index (χ1n) is 7.99. The molecule has 24 heavy (non-hydrogen) atoms. The van der Waals surface area contributed by atoms with Gasteiger partial charge in [0.1, 0.15) is 13.2 Å². The number of piperazine rings is 1. The molecular weight excluding hydrogens is 310 g/mol. The molecule has 7 nitrogen and oxygen atoms in total. The molecule has 2 aliphatic heterocycles. The van der Waals surface area contributed by atoms with Gasteiger partial charge in [0.25, 0.3) is 0 Å². The summed E-state index contributed by atoms with van der Waals surface area (Å²) in [5.41, 5.74) is 0.621. The van der Waals surface area contributed by atoms with Gasteiger partial charge in [-0.3, -0.25) is 14.5 Å². The normalized spacial score (nSPS) is 20.2. The number of benzene rings is 1. The standard InChI is InChI=1S/C17H21N3O4/c1-2-6-20-7-5-18-17(22)13(20)11-16(21)19-12-3-4-14-15(10-12)24-9-8-23-14/h2-4,10,13H,1,5-9,11H2,(H,18,22)(H,19,21)/t13-/m0/s1. The molecule has 0 unspecified atom stereocenters. The average Bonchev–Trinajstić information content (AvgIpc) is 2.58. The Morgan fingerprint density at radius 2 is 2.17 bits per heavy atom. The Morgan fingerprint density at radius 1 is 1.38 bits per heavy atom. The maximum absolute atomic E-state index is 12.3. The van der Waals surface area contributed by atoms with Crippen LogP contribution in [0.5, 0.6) is 11.5 Å². The molecule has 1 atom stereocenters. The summed E-state index contributed by atoms with van der Waals surface area (Å²) in [6.07, 6.45) is 1.83. The van der Waals surface area contributed by atoms with Gasteiger partial charge in [0.05, 0.1) is 12.5 Å². The van der Waals surface area contributed by atoms with Gasteiger partial charge in [0.15, 0.2) is 11.5 Å². The van der Waals surface area contributed by atoms with Crippen molar-refractivity contribution in [1.82, 2.24) is 10.2 Å². The summed E-state index contributed by atoms with van der Waals surface area (Å²) in [5.74, 6) is 0.939. The molecule has 1 fully saturated rings. The highest BCUT2D eigenvalue weighted by Crippen LogP contribution is 2.32. The fourth-order valence-corrected chi connectivity index (χ4v) is 2.88. The third kappa shape index (κ3) is 3.68. The predicted octanol–water partition coefficient (Wildman–Crippen LogP) is 0.773. The highest BCUT2D eigenvalue weighted by molar-refractivity contribution is 5.95. The first-order valence-corrected chi connectivity index (χ1v) is 7.99. The number of hydrogen-bond donors (Lipinski definition) is 2. The number of carbonyl (C=O) groups is 2. The van der Waals surface area contributed by atoms with Crippen LogP contribution in [0.25, 0.3) is 0 Å². The lowest BCUT2D eigenvalue weighted by atomic mass is 10.1. The molecule has 0 spiro atoms. The lowest BCUT2D eigenvalue weighted by Crippen LogP contribution is -2.56. The molecule has 1 saturated heterocycles. The van der Waals surface area contributed by atoms with Crippen LogP contribution in [0.1, 0.15) is 6.42 Å². The van der Waals surface area contributed by atoms with Crippen molar-refractivity contribution >= 4 is 17.5 Å². The summed E-state index contributed by atoms with van der Waals surface area (Å²) in [5, 5.41) is 5.61. The average molecular weight is 331 g/mol. The largest absolute Gasteiger partial charge is 0.486 e. The third-order valence-corrected chi connectivity index (χ3v) is 4.01. The van der Waals surface area contributed by atoms with Crippen molar-refractivity contribution in [3.8, 4) is 11.5 Å². The van der Waals surface area contributed by atoms with Gasteiger partial charge >= 0.3 is 0 Å². The van der Waals surface area contributed by atoms with Gasteiger partial charge in [-0.15, -0.1) is 6.58 Å². The Balaban J connectivity index is 1.64. The lowest BCUT2D eigenvalue weighted by molar-refractivity contribution is -0.132. The minimum atomic E-state index is -0.478. The van der Waals surface area contributed by atoms with Gasteiger partial charge in [0.2, 0.25) is 11.8 Å². The molecule has 2 heterocycles. The van der Waals surface area contributed by atoms with Crippen molar-refractivity contribution in [3.05, 3.63) is 30.9 Å². The van der Waals surface area contributed by atoms with E-state index in [4.69, 9.17) is 9.47 Å². The molecule has 0 aromatic heterocycles. The molecular formula is C17H21N3O4. The van der Waals surface area contributed by atoms with E-state index in [2.05, 4.69) is 17.2 Å². The van der Waals surface area contributed by atoms with Crippen LogP contribution in [0.15, 0.2) is 30.9 Å². The number of hydrogen-bond acceptors (Lipinski definition) is 5. The van der Waals surface area contributed by atoms with E-state index in [-0.39, 0.29) is 18.2 Å². The zero-order valence-corrected chi connectivity index (χ0v) is 13.4. The summed E-state index contributed by atoms with van der Waals surface area (Å²) in [6.45, 7) is 6.59. The van der Waals surface area contributed by atoms with Crippen molar-refractivity contribution in [2.45, 2.75) is 12.5 Å². The van der Waals surface area contributed by atoms with Crippen molar-refractivity contribution < 1.29 is 19.1 Å². The Bertz CT molecular complexity index is 647. The highest BCUT2D eigenvalue weighted by Gasteiger charge is 2.30. The second-order valence-electron chi connectivity index (χ2n) is 5.70. The van der Waals surface area contributed by atoms with Crippen molar-refractivity contribution in [2.75, 3.05) is 38.2 Å². The number of carbonyl (C=O) groups excluding carboxylic acids is 2. The molecule has 2 amide bonds. The molecule has 2 aliphatic rings. The van der Waals surface area contributed by atoms with E-state index in [1.165, 1.54) is 0 Å². The van der Waals surface area contributed by atoms with Crippen molar-refractivity contribution in [3.63, 3.8) is 0 Å². The van der Waals surface area contributed by atoms with E-state index in [0.29, 0.717) is 50.0 Å². The molecule has 3 rings (SSSR count). The van der Waals surface area contributed by atoms with Crippen LogP contribution >= 0.6 is 0 Å². The zero-order chi connectivity index (χ0) is 16.9. The monoisotopic (exact) mass is 331 g/mol. The van der Waals surface area contributed by atoms with Crippen LogP contribution in [0, 0.1) is 0 Å². The SMILES string of the molecule is C=CCN1CCNC(=O)[C@@H]1CC(=O)Nc1ccc2c(c1)OCCO2. The van der Waals surface area contributed by atoms with Crippen LogP contribution in [0.4, 0.5) is 5.69 Å². The van der Waals surface area contributed by atoms with Crippen LogP contribution in [0.2, 0.25) is 0 Å². The van der Waals surface area contributed by atoms with Gasteiger partial charge in [-0.25, -0.2) is 0 Å². The summed E-state index contributed by atoms with van der Waals surface area (Å²) < 4.78 is 11.0. The number of ether oxygens (including phenoxy) is 2. The van der Waals surface area contributed by atoms with E-state index in [9.17, 15) is 9.59 Å². The molecule has 1 aromatic carbocycles. The lowest BCUT2D eigenvalue weighted by Gasteiger charge is -2.33. The second-order valence-corrected chi connectivity index (χ2v) is 5.70. The quantitative estimate of drug-likeness (QED) is 0.779. The summed E-state index contributed by atoms with van der Waals surface area (Å²) in [4.78, 5) is 26.3. The van der Waals surface area contributed by atoms with E-state index < -0.39 is 6.04 Å². The Labute approximate surface area is 140 Å². The second kappa shape index (κ2) is 7.35. The molecule has 0 saturated carbocycles. The molecule has 1 aromatic rings. The van der Waals surface area contributed by atoms with Gasteiger partial charge in [-0.05, 0) is 12.1 Å². The zero-order valence-electron chi connectivity index (χ0n) is 13.4. The maximum atomic E-state index is 12.3. The van der Waals surface area contributed by atoms with Crippen molar-refractivity contribution in [1.29, 1.82) is 0 Å². The minimum absolute atomic E-state index is 0.0914. The highest BCUT2D eigenvalue weighted by atomic mass is 16.6. The number of amides is 2. The van der Waals surface area contributed by atoms with Gasteiger partial charge in [0, 0.05) is 31.4 Å². The first kappa shape index (κ1) is 16.3. The molecule has 2 N–H and O–H groups in total. The van der Waals surface area contributed by atoms with E-state index in [1.54, 1.807) is 24.3 Å². The fourth-order valence-electron chi connectivity index (χ4n) is 2.88. The number of nitrogens with one attached hydrogen (secondary N) is 2. The maximum Gasteiger partial charge on any atom is 0.237 e. The van der Waals surface area contributed by atoms with Gasteiger partial charge < -0.3 is 20.1 Å². The van der Waals surface area contributed by atoms with Gasteiger partial charge in [-0.2, -0.15) is 0 Å². The van der Waals surface area contributed by atoms with E-state index in [0.717, 1.165) is 0 Å². The van der Waals surface area contributed by atoms with Crippen LogP contribution in [-0.4, -0.2) is 55.6 Å². The first-order chi connectivity index (χ1) is 11.7. The molecule has 0 aliphatic carbocycles. The number of anilines is 1. The molecule has 0 bridgehead atoms. The molecule has 7 heteroatoms. The molecule has 0 radical (unpaired) electrons. The van der Waals surface area contributed by atoms with Crippen molar-refractivity contribution in [2.24, 2.45) is 0 Å². The summed E-state index contributed by atoms with van der Waals surface area (Å²) in [6, 6.07) is 4.78. The Hall–Kier alpha value is -2.54. The smallest absolute Gasteiger partial charge is 0.237 e. The summed E-state index contributed by atoms with van der Waals surface area (Å²) >= 11 is 0. The minimum Gasteiger partial charge on any atom is -0.486 e. The number of nitrogens with zero attached hydrogens (tertiary/aromatic N) is 1. The fraction of sp³-hybridized carbons (Fsp3) is 0.412. The van der Waals surface area contributed by atoms with E-state index >= 15 is 0 Å². The van der Waals surface area contributed by atoms with Crippen LogP contribution < -0.4 is 20.1 Å². The summed E-state index contributed by atoms with van der Waals surface area (Å²) in [7, 11) is 0. The molecule has 128 valence electrons. The van der Waals surface area contributed by atoms with Gasteiger partial charge in [-0.1, -0.05) is 6.08 Å². The third-order valence-electron chi connectivity index (χ3n) is 4.01. The van der Waals surface area contributed by atoms with E-state index in [1.807, 2.05) is 4.90 Å². The number of fused-ring (bicyclic) bond motifs is 1. The number of rotatable bonds is 5. The topological polar surface area (TPSA) is 79.9 Å². The Morgan fingerprint density at radius 3 is 2.96 bits per heavy atom. The predicted molar refractivity (Wildman–Crippen MR) is 89.2 cm³/mol. The van der Waals surface area contributed by atoms with Crippen LogP contribution in [0.3, 0.4) is 0 Å². The van der Waals surface area contributed by atoms with Crippen LogP contribution in [-0.2, 0) is 9.59 Å². The Kier molecular flexibility index (Phi) is 5.00.